The highest BCUT2D eigenvalue weighted by Gasteiger charge is 2.03. The number of nitrogens with zero attached hydrogens (tertiary/aromatic N) is 2. The number of aryl methyl sites for hydroxylation is 1. The van der Waals surface area contributed by atoms with E-state index in [1.165, 1.54) is 12.1 Å². The average molecular weight is 274 g/mol. The predicted molar refractivity (Wildman–Crippen MR) is 72.8 cm³/mol. The summed E-state index contributed by atoms with van der Waals surface area (Å²) >= 11 is 0. The second-order valence-corrected chi connectivity index (χ2v) is 4.15. The molecule has 0 aliphatic carbocycles. The van der Waals surface area contributed by atoms with E-state index in [2.05, 4.69) is 16.8 Å². The average Bonchev–Trinajstić information content (AvgIpc) is 2.84. The van der Waals surface area contributed by atoms with E-state index in [9.17, 15) is 4.39 Å². The first kappa shape index (κ1) is 14.1. The van der Waals surface area contributed by atoms with Gasteiger partial charge >= 0.3 is 0 Å². The van der Waals surface area contributed by atoms with Gasteiger partial charge in [0.25, 0.3) is 0 Å². The van der Waals surface area contributed by atoms with Crippen LogP contribution in [0.5, 0.6) is 5.75 Å². The Labute approximate surface area is 116 Å². The Balaban J connectivity index is 1.94. The molecule has 0 saturated carbocycles. The largest absolute Gasteiger partial charge is 0.493 e. The molecule has 5 heteroatoms. The molecule has 104 valence electrons. The fraction of sp³-hybridized carbons (Fsp3) is 0.267. The van der Waals surface area contributed by atoms with Gasteiger partial charge < -0.3 is 14.4 Å². The lowest BCUT2D eigenvalue weighted by Gasteiger charge is -2.07. The monoisotopic (exact) mass is 274 g/mol. The first-order chi connectivity index (χ1) is 9.70. The van der Waals surface area contributed by atoms with E-state index >= 15 is 0 Å². The number of aliphatic hydroxyl groups excluding tert-OH is 1. The summed E-state index contributed by atoms with van der Waals surface area (Å²) in [5, 5.41) is 8.57. The van der Waals surface area contributed by atoms with Crippen molar-refractivity contribution in [2.75, 3.05) is 13.2 Å². The summed E-state index contributed by atoms with van der Waals surface area (Å²) in [6.07, 6.45) is 4.24. The van der Waals surface area contributed by atoms with Crippen LogP contribution < -0.4 is 4.74 Å². The molecule has 4 nitrogen and oxygen atoms in total. The Bertz CT molecular complexity index is 641. The summed E-state index contributed by atoms with van der Waals surface area (Å²) in [5.41, 5.74) is 0.246. The topological polar surface area (TPSA) is 47.3 Å². The van der Waals surface area contributed by atoms with E-state index in [1.54, 1.807) is 12.3 Å². The molecule has 0 aliphatic rings. The summed E-state index contributed by atoms with van der Waals surface area (Å²) in [7, 11) is 1.91. The minimum Gasteiger partial charge on any atom is -0.493 e. The van der Waals surface area contributed by atoms with Gasteiger partial charge in [0.2, 0.25) is 0 Å². The van der Waals surface area contributed by atoms with Crippen LogP contribution in [0.3, 0.4) is 0 Å². The van der Waals surface area contributed by atoms with Crippen LogP contribution in [0.4, 0.5) is 4.39 Å². The van der Waals surface area contributed by atoms with Crippen molar-refractivity contribution < 1.29 is 14.2 Å². The SMILES string of the molecule is Cn1ccnc1CCOc1ccc(C#CCO)c(F)c1. The van der Waals surface area contributed by atoms with E-state index in [0.29, 0.717) is 18.8 Å². The van der Waals surface area contributed by atoms with Gasteiger partial charge in [0.15, 0.2) is 0 Å². The van der Waals surface area contributed by atoms with Crippen molar-refractivity contribution in [3.05, 3.63) is 47.8 Å². The third-order valence-electron chi connectivity index (χ3n) is 2.76. The van der Waals surface area contributed by atoms with Crippen molar-refractivity contribution in [1.82, 2.24) is 9.55 Å². The number of hydrogen-bond acceptors (Lipinski definition) is 3. The molecule has 0 bridgehead atoms. The molecule has 2 aromatic rings. The van der Waals surface area contributed by atoms with Crippen LogP contribution in [0, 0.1) is 17.7 Å². The van der Waals surface area contributed by atoms with E-state index in [4.69, 9.17) is 9.84 Å². The van der Waals surface area contributed by atoms with Crippen LogP contribution in [0.15, 0.2) is 30.6 Å². The van der Waals surface area contributed by atoms with Gasteiger partial charge in [-0.15, -0.1) is 0 Å². The summed E-state index contributed by atoms with van der Waals surface area (Å²) in [4.78, 5) is 4.18. The van der Waals surface area contributed by atoms with Crippen LogP contribution in [0.25, 0.3) is 0 Å². The number of aliphatic hydroxyl groups is 1. The summed E-state index contributed by atoms with van der Waals surface area (Å²) in [5.74, 6) is 5.84. The van der Waals surface area contributed by atoms with Crippen molar-refractivity contribution in [3.63, 3.8) is 0 Å². The Morgan fingerprint density at radius 1 is 1.45 bits per heavy atom. The van der Waals surface area contributed by atoms with Gasteiger partial charge in [0, 0.05) is 31.9 Å². The van der Waals surface area contributed by atoms with E-state index in [0.717, 1.165) is 5.82 Å². The molecule has 0 atom stereocenters. The van der Waals surface area contributed by atoms with Crippen LogP contribution in [-0.4, -0.2) is 27.9 Å². The Kier molecular flexibility index (Phi) is 4.75. The zero-order chi connectivity index (χ0) is 14.4. The van der Waals surface area contributed by atoms with Crippen molar-refractivity contribution in [2.24, 2.45) is 7.05 Å². The fourth-order valence-corrected chi connectivity index (χ4v) is 1.72. The third kappa shape index (κ3) is 3.59. The highest BCUT2D eigenvalue weighted by molar-refractivity contribution is 5.39. The normalized spacial score (nSPS) is 9.95. The quantitative estimate of drug-likeness (QED) is 0.860. The molecular weight excluding hydrogens is 259 g/mol. The Morgan fingerprint density at radius 2 is 2.30 bits per heavy atom. The Morgan fingerprint density at radius 3 is 2.95 bits per heavy atom. The summed E-state index contributed by atoms with van der Waals surface area (Å²) < 4.78 is 21.1. The maximum absolute atomic E-state index is 13.7. The second-order valence-electron chi connectivity index (χ2n) is 4.15. The molecular formula is C15H15FN2O2. The minimum absolute atomic E-state index is 0.246. The van der Waals surface area contributed by atoms with Crippen molar-refractivity contribution in [1.29, 1.82) is 0 Å². The van der Waals surface area contributed by atoms with E-state index in [-0.39, 0.29) is 12.2 Å². The molecule has 0 saturated heterocycles. The van der Waals surface area contributed by atoms with Gasteiger partial charge in [-0.05, 0) is 12.1 Å². The molecule has 0 fully saturated rings. The number of imidazole rings is 1. The van der Waals surface area contributed by atoms with Crippen LogP contribution in [0.1, 0.15) is 11.4 Å². The molecule has 1 aromatic heterocycles. The molecule has 0 spiro atoms. The lowest BCUT2D eigenvalue weighted by atomic mass is 10.2. The maximum Gasteiger partial charge on any atom is 0.142 e. The zero-order valence-electron chi connectivity index (χ0n) is 11.1. The molecule has 1 N–H and O–H groups in total. The first-order valence-electron chi connectivity index (χ1n) is 6.19. The highest BCUT2D eigenvalue weighted by Crippen LogP contribution is 2.16. The zero-order valence-corrected chi connectivity index (χ0v) is 11.1. The molecule has 0 radical (unpaired) electrons. The smallest absolute Gasteiger partial charge is 0.142 e. The van der Waals surface area contributed by atoms with Gasteiger partial charge in [-0.2, -0.15) is 0 Å². The summed E-state index contributed by atoms with van der Waals surface area (Å²) in [6.45, 7) is 0.132. The molecule has 2 rings (SSSR count). The van der Waals surface area contributed by atoms with Gasteiger partial charge in [-0.25, -0.2) is 9.37 Å². The van der Waals surface area contributed by atoms with Crippen LogP contribution >= 0.6 is 0 Å². The lowest BCUT2D eigenvalue weighted by molar-refractivity contribution is 0.316. The molecule has 20 heavy (non-hydrogen) atoms. The molecule has 0 aliphatic heterocycles. The number of benzene rings is 1. The number of halogens is 1. The van der Waals surface area contributed by atoms with Gasteiger partial charge in [-0.1, -0.05) is 11.8 Å². The van der Waals surface area contributed by atoms with Gasteiger partial charge in [0.1, 0.15) is 24.0 Å². The van der Waals surface area contributed by atoms with Crippen LogP contribution in [-0.2, 0) is 13.5 Å². The lowest BCUT2D eigenvalue weighted by Crippen LogP contribution is -2.06. The Hall–Kier alpha value is -2.32. The van der Waals surface area contributed by atoms with Gasteiger partial charge in [0.05, 0.1) is 12.2 Å². The van der Waals surface area contributed by atoms with E-state index in [1.807, 2.05) is 17.8 Å². The predicted octanol–water partition coefficient (Wildman–Crippen LogP) is 1.52. The second kappa shape index (κ2) is 6.73. The molecule has 0 unspecified atom stereocenters. The van der Waals surface area contributed by atoms with Crippen LogP contribution in [0.2, 0.25) is 0 Å². The molecule has 1 aromatic carbocycles. The number of rotatable bonds is 4. The molecule has 0 amide bonds. The van der Waals surface area contributed by atoms with E-state index < -0.39 is 5.82 Å². The van der Waals surface area contributed by atoms with Gasteiger partial charge in [-0.3, -0.25) is 0 Å². The van der Waals surface area contributed by atoms with Crippen molar-refractivity contribution in [3.8, 4) is 17.6 Å². The first-order valence-corrected chi connectivity index (χ1v) is 6.19. The third-order valence-corrected chi connectivity index (χ3v) is 2.76. The maximum atomic E-state index is 13.7. The number of hydrogen-bond donors (Lipinski definition) is 1. The fourth-order valence-electron chi connectivity index (χ4n) is 1.72. The summed E-state index contributed by atoms with van der Waals surface area (Å²) in [6, 6.07) is 4.48. The number of ether oxygens (including phenoxy) is 1. The number of aromatic nitrogens is 2. The molecule has 1 heterocycles. The van der Waals surface area contributed by atoms with Crippen molar-refractivity contribution >= 4 is 0 Å². The highest BCUT2D eigenvalue weighted by atomic mass is 19.1. The standard InChI is InChI=1S/C15H15FN2O2/c1-18-8-7-17-15(18)6-10-20-13-5-4-12(3-2-9-19)14(16)11-13/h4-5,7-8,11,19H,6,9-10H2,1H3. The minimum atomic E-state index is -0.458. The van der Waals surface area contributed by atoms with Crippen molar-refractivity contribution in [2.45, 2.75) is 6.42 Å².